The van der Waals surface area contributed by atoms with Gasteiger partial charge >= 0.3 is 0 Å². The Morgan fingerprint density at radius 3 is 2.72 bits per heavy atom. The molecular weight excluding hydrogens is 338 g/mol. The molecule has 2 atom stereocenters. The second-order valence-electron chi connectivity index (χ2n) is 7.20. The number of carbonyl (C=O) groups is 2. The van der Waals surface area contributed by atoms with Crippen LogP contribution in [0.15, 0.2) is 18.2 Å². The average Bonchev–Trinajstić information content (AvgIpc) is 2.94. The van der Waals surface area contributed by atoms with Crippen LogP contribution in [0.4, 0.5) is 5.69 Å². The van der Waals surface area contributed by atoms with Gasteiger partial charge in [0.1, 0.15) is 0 Å². The Hall–Kier alpha value is -1.59. The number of hydrogen-bond donors (Lipinski definition) is 3. The lowest BCUT2D eigenvalue weighted by Crippen LogP contribution is -2.34. The van der Waals surface area contributed by atoms with Crippen molar-refractivity contribution in [2.75, 3.05) is 18.4 Å². The lowest BCUT2D eigenvalue weighted by atomic mass is 9.84. The van der Waals surface area contributed by atoms with Crippen molar-refractivity contribution in [1.82, 2.24) is 10.6 Å². The number of carbonyl (C=O) groups excluding carboxylic acids is 2. The second kappa shape index (κ2) is 8.68. The molecule has 5 nitrogen and oxygen atoms in total. The van der Waals surface area contributed by atoms with Crippen molar-refractivity contribution in [3.05, 3.63) is 29.3 Å². The summed E-state index contributed by atoms with van der Waals surface area (Å²) >= 11 is 0. The number of rotatable bonds is 5. The maximum atomic E-state index is 12.4. The van der Waals surface area contributed by atoms with E-state index in [1.54, 1.807) is 0 Å². The highest BCUT2D eigenvalue weighted by Crippen LogP contribution is 2.27. The van der Waals surface area contributed by atoms with Gasteiger partial charge in [0, 0.05) is 12.1 Å². The van der Waals surface area contributed by atoms with Gasteiger partial charge in [-0.1, -0.05) is 19.1 Å². The van der Waals surface area contributed by atoms with Crippen LogP contribution >= 0.6 is 12.4 Å². The fourth-order valence-electron chi connectivity index (χ4n) is 3.77. The predicted octanol–water partition coefficient (Wildman–Crippen LogP) is 2.81. The normalized spacial score (nSPS) is 19.4. The fourth-order valence-corrected chi connectivity index (χ4v) is 3.77. The third kappa shape index (κ3) is 4.95. The molecule has 25 heavy (non-hydrogen) atoms. The molecule has 0 spiro atoms. The van der Waals surface area contributed by atoms with E-state index in [2.05, 4.69) is 22.9 Å². The van der Waals surface area contributed by atoms with Gasteiger partial charge in [-0.25, -0.2) is 0 Å². The average molecular weight is 366 g/mol. The lowest BCUT2D eigenvalue weighted by molar-refractivity contribution is -0.123. The number of halogens is 1. The maximum Gasteiger partial charge on any atom is 0.228 e. The molecule has 1 aromatic rings. The van der Waals surface area contributed by atoms with Crippen molar-refractivity contribution in [3.8, 4) is 0 Å². The van der Waals surface area contributed by atoms with E-state index in [0.717, 1.165) is 42.7 Å². The third-order valence-electron chi connectivity index (χ3n) is 5.33. The van der Waals surface area contributed by atoms with Gasteiger partial charge in [0.2, 0.25) is 11.8 Å². The minimum Gasteiger partial charge on any atom is -0.350 e. The minimum absolute atomic E-state index is 0. The molecular formula is C19H28ClN3O2. The molecule has 2 aliphatic heterocycles. The fraction of sp³-hybridized carbons (Fsp3) is 0.579. The number of anilines is 1. The second-order valence-corrected chi connectivity index (χ2v) is 7.20. The molecule has 0 saturated carbocycles. The van der Waals surface area contributed by atoms with E-state index in [-0.39, 0.29) is 30.3 Å². The standard InChI is InChI=1S/C19H27N3O2.ClH/c1-12(14-5-7-20-8-6-14)9-18(23)21-13(2)15-3-4-17-16(10-15)11-19(24)22-17;/h3-4,10,12-14,20H,5-9,11H2,1-2H3,(H,21,23)(H,22,24);1H. The van der Waals surface area contributed by atoms with Crippen molar-refractivity contribution in [1.29, 1.82) is 0 Å². The van der Waals surface area contributed by atoms with E-state index in [0.29, 0.717) is 24.7 Å². The van der Waals surface area contributed by atoms with Crippen LogP contribution in [-0.4, -0.2) is 24.9 Å². The molecule has 0 bridgehead atoms. The van der Waals surface area contributed by atoms with Crippen LogP contribution in [0.5, 0.6) is 0 Å². The summed E-state index contributed by atoms with van der Waals surface area (Å²) in [5.74, 6) is 1.21. The van der Waals surface area contributed by atoms with E-state index in [9.17, 15) is 9.59 Å². The van der Waals surface area contributed by atoms with Gasteiger partial charge in [-0.2, -0.15) is 0 Å². The quantitative estimate of drug-likeness (QED) is 0.751. The number of nitrogens with one attached hydrogen (secondary N) is 3. The highest BCUT2D eigenvalue weighted by Gasteiger charge is 2.23. The van der Waals surface area contributed by atoms with Crippen LogP contribution in [0.2, 0.25) is 0 Å². The van der Waals surface area contributed by atoms with E-state index < -0.39 is 0 Å². The summed E-state index contributed by atoms with van der Waals surface area (Å²) in [7, 11) is 0. The Bertz CT molecular complexity index is 629. The Kier molecular flexibility index (Phi) is 6.85. The molecule has 1 aromatic carbocycles. The zero-order valence-electron chi connectivity index (χ0n) is 14.9. The number of amides is 2. The van der Waals surface area contributed by atoms with Gasteiger partial charge in [-0.15, -0.1) is 12.4 Å². The van der Waals surface area contributed by atoms with Gasteiger partial charge in [-0.05, 0) is 61.9 Å². The summed E-state index contributed by atoms with van der Waals surface area (Å²) in [4.78, 5) is 23.8. The van der Waals surface area contributed by atoms with Gasteiger partial charge in [0.05, 0.1) is 12.5 Å². The van der Waals surface area contributed by atoms with Crippen LogP contribution in [0.1, 0.15) is 50.3 Å². The van der Waals surface area contributed by atoms with Gasteiger partial charge in [0.15, 0.2) is 0 Å². The summed E-state index contributed by atoms with van der Waals surface area (Å²) in [6.45, 7) is 6.32. The molecule has 6 heteroatoms. The van der Waals surface area contributed by atoms with Gasteiger partial charge in [0.25, 0.3) is 0 Å². The first-order chi connectivity index (χ1) is 11.5. The Labute approximate surface area is 155 Å². The molecule has 2 aliphatic rings. The summed E-state index contributed by atoms with van der Waals surface area (Å²) in [6.07, 6.45) is 3.34. The molecule has 138 valence electrons. The monoisotopic (exact) mass is 365 g/mol. The Morgan fingerprint density at radius 1 is 1.28 bits per heavy atom. The summed E-state index contributed by atoms with van der Waals surface area (Å²) in [5, 5.41) is 9.31. The zero-order chi connectivity index (χ0) is 17.1. The largest absolute Gasteiger partial charge is 0.350 e. The summed E-state index contributed by atoms with van der Waals surface area (Å²) in [6, 6.07) is 5.88. The highest BCUT2D eigenvalue weighted by molar-refractivity contribution is 5.99. The Morgan fingerprint density at radius 2 is 2.00 bits per heavy atom. The smallest absolute Gasteiger partial charge is 0.228 e. The maximum absolute atomic E-state index is 12.4. The molecule has 3 rings (SSSR count). The van der Waals surface area contributed by atoms with E-state index in [1.807, 2.05) is 25.1 Å². The number of fused-ring (bicyclic) bond motifs is 1. The van der Waals surface area contributed by atoms with Gasteiger partial charge in [-0.3, -0.25) is 9.59 Å². The van der Waals surface area contributed by atoms with Crippen LogP contribution in [0, 0.1) is 11.8 Å². The molecule has 1 fully saturated rings. The number of piperidine rings is 1. The van der Waals surface area contributed by atoms with Crippen LogP contribution < -0.4 is 16.0 Å². The van der Waals surface area contributed by atoms with Crippen molar-refractivity contribution in [3.63, 3.8) is 0 Å². The Balaban J connectivity index is 0.00000225. The predicted molar refractivity (Wildman–Crippen MR) is 102 cm³/mol. The topological polar surface area (TPSA) is 70.2 Å². The molecule has 1 saturated heterocycles. The van der Waals surface area contributed by atoms with Gasteiger partial charge < -0.3 is 16.0 Å². The van der Waals surface area contributed by atoms with E-state index >= 15 is 0 Å². The molecule has 2 unspecified atom stereocenters. The number of hydrogen-bond acceptors (Lipinski definition) is 3. The number of benzene rings is 1. The third-order valence-corrected chi connectivity index (χ3v) is 5.33. The van der Waals surface area contributed by atoms with E-state index in [4.69, 9.17) is 0 Å². The van der Waals surface area contributed by atoms with Crippen molar-refractivity contribution in [2.24, 2.45) is 11.8 Å². The first-order valence-corrected chi connectivity index (χ1v) is 8.95. The van der Waals surface area contributed by atoms with Crippen LogP contribution in [0.3, 0.4) is 0 Å². The van der Waals surface area contributed by atoms with Crippen LogP contribution in [0.25, 0.3) is 0 Å². The molecule has 2 amide bonds. The molecule has 0 aromatic heterocycles. The first kappa shape index (κ1) is 19.7. The summed E-state index contributed by atoms with van der Waals surface area (Å²) in [5.41, 5.74) is 2.96. The van der Waals surface area contributed by atoms with E-state index in [1.165, 1.54) is 0 Å². The lowest BCUT2D eigenvalue weighted by Gasteiger charge is -2.28. The molecule has 0 radical (unpaired) electrons. The molecule has 0 aliphatic carbocycles. The van der Waals surface area contributed by atoms with Crippen LogP contribution in [-0.2, 0) is 16.0 Å². The SMILES string of the molecule is CC(NC(=O)CC(C)C1CCNCC1)c1ccc2c(c1)CC(=O)N2.Cl. The molecule has 2 heterocycles. The van der Waals surface area contributed by atoms with Crippen molar-refractivity contribution < 1.29 is 9.59 Å². The van der Waals surface area contributed by atoms with Crippen molar-refractivity contribution >= 4 is 29.9 Å². The summed E-state index contributed by atoms with van der Waals surface area (Å²) < 4.78 is 0. The first-order valence-electron chi connectivity index (χ1n) is 8.95. The zero-order valence-corrected chi connectivity index (χ0v) is 15.7. The molecule has 3 N–H and O–H groups in total. The highest BCUT2D eigenvalue weighted by atomic mass is 35.5. The van der Waals surface area contributed by atoms with Crippen molar-refractivity contribution in [2.45, 2.75) is 45.6 Å². The minimum atomic E-state index is -0.0428.